The molecule has 6 heteroatoms. The molecule has 0 aromatic heterocycles. The monoisotopic (exact) mass is 472 g/mol. The van der Waals surface area contributed by atoms with Crippen molar-refractivity contribution in [3.8, 4) is 0 Å². The van der Waals surface area contributed by atoms with Crippen molar-refractivity contribution in [2.24, 2.45) is 4.99 Å². The van der Waals surface area contributed by atoms with E-state index in [9.17, 15) is 0 Å². The van der Waals surface area contributed by atoms with E-state index in [1.807, 2.05) is 7.05 Å². The lowest BCUT2D eigenvalue weighted by Gasteiger charge is -2.34. The van der Waals surface area contributed by atoms with E-state index in [1.54, 1.807) is 0 Å². The third kappa shape index (κ3) is 5.82. The first-order valence-electron chi connectivity index (χ1n) is 9.66. The Morgan fingerprint density at radius 3 is 2.62 bits per heavy atom. The molecule has 2 aliphatic rings. The first kappa shape index (κ1) is 21.4. The molecule has 2 heterocycles. The molecule has 0 spiro atoms. The number of likely N-dealkylation sites (tertiary alicyclic amines) is 1. The molecule has 0 aliphatic carbocycles. The van der Waals surface area contributed by atoms with E-state index >= 15 is 0 Å². The number of fused-ring (bicyclic) bond motifs is 1. The van der Waals surface area contributed by atoms with Gasteiger partial charge in [-0.2, -0.15) is 0 Å². The second-order valence-electron chi connectivity index (χ2n) is 6.91. The lowest BCUT2D eigenvalue weighted by Crippen LogP contribution is -2.48. The molecule has 0 amide bonds. The highest BCUT2D eigenvalue weighted by atomic mass is 127. The standard InChI is InChI=1S/C20H32N4O.HI/c1-3-25-19-9-13-24(14-10-19)20(21-2)22-11-15-23-12-8-17-6-4-5-7-18(17)16-23;/h4-7,19H,3,8-16H2,1-2H3,(H,21,22);1H. The van der Waals surface area contributed by atoms with Crippen molar-refractivity contribution in [2.45, 2.75) is 38.8 Å². The summed E-state index contributed by atoms with van der Waals surface area (Å²) in [5.41, 5.74) is 3.00. The molecule has 2 aliphatic heterocycles. The number of guanidine groups is 1. The average molecular weight is 472 g/mol. The quantitative estimate of drug-likeness (QED) is 0.407. The van der Waals surface area contributed by atoms with Gasteiger partial charge in [0.15, 0.2) is 5.96 Å². The van der Waals surface area contributed by atoms with Crippen molar-refractivity contribution in [3.05, 3.63) is 35.4 Å². The number of hydrogen-bond donors (Lipinski definition) is 1. The maximum atomic E-state index is 5.74. The number of piperidine rings is 1. The van der Waals surface area contributed by atoms with Crippen molar-refractivity contribution in [1.29, 1.82) is 0 Å². The second kappa shape index (κ2) is 11.1. The van der Waals surface area contributed by atoms with Crippen LogP contribution in [-0.4, -0.2) is 68.2 Å². The van der Waals surface area contributed by atoms with Gasteiger partial charge in [0.05, 0.1) is 6.10 Å². The zero-order valence-corrected chi connectivity index (χ0v) is 18.4. The first-order valence-corrected chi connectivity index (χ1v) is 9.66. The highest BCUT2D eigenvalue weighted by Gasteiger charge is 2.21. The van der Waals surface area contributed by atoms with Gasteiger partial charge in [-0.05, 0) is 37.3 Å². The molecule has 0 atom stereocenters. The number of halogens is 1. The van der Waals surface area contributed by atoms with Gasteiger partial charge >= 0.3 is 0 Å². The minimum absolute atomic E-state index is 0. The molecule has 1 fully saturated rings. The number of nitrogens with one attached hydrogen (secondary N) is 1. The fourth-order valence-corrected chi connectivity index (χ4v) is 3.87. The molecular weight excluding hydrogens is 439 g/mol. The number of hydrogen-bond acceptors (Lipinski definition) is 3. The molecule has 1 N–H and O–H groups in total. The number of rotatable bonds is 5. The Morgan fingerprint density at radius 1 is 1.19 bits per heavy atom. The zero-order chi connectivity index (χ0) is 17.5. The average Bonchev–Trinajstić information content (AvgIpc) is 2.66. The van der Waals surface area contributed by atoms with Crippen molar-refractivity contribution >= 4 is 29.9 Å². The summed E-state index contributed by atoms with van der Waals surface area (Å²) in [6, 6.07) is 8.82. The Bertz CT molecular complexity index is 573. The van der Waals surface area contributed by atoms with Gasteiger partial charge in [0, 0.05) is 52.9 Å². The highest BCUT2D eigenvalue weighted by molar-refractivity contribution is 14.0. The number of benzene rings is 1. The first-order chi connectivity index (χ1) is 12.3. The van der Waals surface area contributed by atoms with Crippen LogP contribution in [0.5, 0.6) is 0 Å². The van der Waals surface area contributed by atoms with Crippen LogP contribution in [0.3, 0.4) is 0 Å². The molecule has 0 radical (unpaired) electrons. The summed E-state index contributed by atoms with van der Waals surface area (Å²) in [6.07, 6.45) is 3.78. The summed E-state index contributed by atoms with van der Waals surface area (Å²) in [5, 5.41) is 3.55. The van der Waals surface area contributed by atoms with Gasteiger partial charge in [0.25, 0.3) is 0 Å². The fourth-order valence-electron chi connectivity index (χ4n) is 3.87. The van der Waals surface area contributed by atoms with Gasteiger partial charge in [-0.1, -0.05) is 24.3 Å². The third-order valence-corrected chi connectivity index (χ3v) is 5.28. The van der Waals surface area contributed by atoms with Crippen LogP contribution >= 0.6 is 24.0 Å². The molecule has 1 saturated heterocycles. The molecular formula is C20H33IN4O. The maximum Gasteiger partial charge on any atom is 0.193 e. The van der Waals surface area contributed by atoms with E-state index < -0.39 is 0 Å². The van der Waals surface area contributed by atoms with Gasteiger partial charge in [0.2, 0.25) is 0 Å². The van der Waals surface area contributed by atoms with Gasteiger partial charge in [0.1, 0.15) is 0 Å². The molecule has 1 aromatic rings. The molecule has 26 heavy (non-hydrogen) atoms. The Morgan fingerprint density at radius 2 is 1.92 bits per heavy atom. The largest absolute Gasteiger partial charge is 0.378 e. The normalized spacial score (nSPS) is 19.0. The van der Waals surface area contributed by atoms with E-state index in [0.29, 0.717) is 6.10 Å². The smallest absolute Gasteiger partial charge is 0.193 e. The van der Waals surface area contributed by atoms with Crippen LogP contribution in [0.15, 0.2) is 29.3 Å². The van der Waals surface area contributed by atoms with Crippen LogP contribution < -0.4 is 5.32 Å². The molecule has 0 saturated carbocycles. The summed E-state index contributed by atoms with van der Waals surface area (Å²) in [5.74, 6) is 1.03. The lowest BCUT2D eigenvalue weighted by molar-refractivity contribution is 0.0263. The minimum Gasteiger partial charge on any atom is -0.378 e. The van der Waals surface area contributed by atoms with Crippen LogP contribution in [0.25, 0.3) is 0 Å². The fraction of sp³-hybridized carbons (Fsp3) is 0.650. The summed E-state index contributed by atoms with van der Waals surface area (Å²) < 4.78 is 5.74. The van der Waals surface area contributed by atoms with Gasteiger partial charge in [-0.3, -0.25) is 9.89 Å². The molecule has 1 aromatic carbocycles. The van der Waals surface area contributed by atoms with E-state index in [1.165, 1.54) is 11.1 Å². The van der Waals surface area contributed by atoms with Crippen LogP contribution in [0.1, 0.15) is 30.9 Å². The van der Waals surface area contributed by atoms with Crippen molar-refractivity contribution < 1.29 is 4.74 Å². The van der Waals surface area contributed by atoms with Crippen molar-refractivity contribution in [3.63, 3.8) is 0 Å². The summed E-state index contributed by atoms with van der Waals surface area (Å²) in [4.78, 5) is 9.37. The Kier molecular flexibility index (Phi) is 9.15. The van der Waals surface area contributed by atoms with Crippen LogP contribution in [0.2, 0.25) is 0 Å². The minimum atomic E-state index is 0. The molecule has 0 bridgehead atoms. The van der Waals surface area contributed by atoms with Gasteiger partial charge in [-0.15, -0.1) is 24.0 Å². The van der Waals surface area contributed by atoms with Crippen molar-refractivity contribution in [2.75, 3.05) is 46.4 Å². The topological polar surface area (TPSA) is 40.1 Å². The summed E-state index contributed by atoms with van der Waals surface area (Å²) in [6.45, 7) is 9.17. The molecule has 5 nitrogen and oxygen atoms in total. The highest BCUT2D eigenvalue weighted by Crippen LogP contribution is 2.18. The Labute approximate surface area is 175 Å². The zero-order valence-electron chi connectivity index (χ0n) is 16.1. The molecule has 146 valence electrons. The Hall–Kier alpha value is -0.860. The predicted octanol–water partition coefficient (Wildman–Crippen LogP) is 2.74. The Balaban J connectivity index is 0.00000243. The number of ether oxygens (including phenoxy) is 1. The summed E-state index contributed by atoms with van der Waals surface area (Å²) in [7, 11) is 1.88. The van der Waals surface area contributed by atoms with Crippen LogP contribution in [-0.2, 0) is 17.7 Å². The SMILES string of the molecule is CCOC1CCN(C(=NC)NCCN2CCc3ccccc3C2)CC1.I. The predicted molar refractivity (Wildman–Crippen MR) is 118 cm³/mol. The van der Waals surface area contributed by atoms with E-state index in [0.717, 1.165) is 71.1 Å². The lowest BCUT2D eigenvalue weighted by atomic mass is 10.00. The van der Waals surface area contributed by atoms with Crippen LogP contribution in [0.4, 0.5) is 0 Å². The molecule has 0 unspecified atom stereocenters. The number of nitrogens with zero attached hydrogens (tertiary/aromatic N) is 3. The summed E-state index contributed by atoms with van der Waals surface area (Å²) >= 11 is 0. The van der Waals surface area contributed by atoms with Gasteiger partial charge in [-0.25, -0.2) is 0 Å². The maximum absolute atomic E-state index is 5.74. The third-order valence-electron chi connectivity index (χ3n) is 5.28. The van der Waals surface area contributed by atoms with Gasteiger partial charge < -0.3 is 15.0 Å². The van der Waals surface area contributed by atoms with E-state index in [-0.39, 0.29) is 24.0 Å². The van der Waals surface area contributed by atoms with E-state index in [4.69, 9.17) is 4.74 Å². The molecule has 3 rings (SSSR count). The van der Waals surface area contributed by atoms with Crippen LogP contribution in [0, 0.1) is 0 Å². The second-order valence-corrected chi connectivity index (χ2v) is 6.91. The van der Waals surface area contributed by atoms with E-state index in [2.05, 4.69) is 51.3 Å². The van der Waals surface area contributed by atoms with Crippen molar-refractivity contribution in [1.82, 2.24) is 15.1 Å². The number of aliphatic imine (C=N–C) groups is 1.